The molecule has 0 bridgehead atoms. The second kappa shape index (κ2) is 8.86. The molecule has 164 valence electrons. The lowest BCUT2D eigenvalue weighted by molar-refractivity contribution is 0.384. The highest BCUT2D eigenvalue weighted by molar-refractivity contribution is 7.89. The third-order valence-electron chi connectivity index (χ3n) is 5.56. The summed E-state index contributed by atoms with van der Waals surface area (Å²) in [7, 11) is -3.77. The highest BCUT2D eigenvalue weighted by Gasteiger charge is 2.31. The maximum atomic E-state index is 13.3. The van der Waals surface area contributed by atoms with Crippen LogP contribution in [0.2, 0.25) is 5.02 Å². The highest BCUT2D eigenvalue weighted by Crippen LogP contribution is 2.29. The Morgan fingerprint density at radius 1 is 1.10 bits per heavy atom. The van der Waals surface area contributed by atoms with E-state index >= 15 is 0 Å². The number of rotatable bonds is 5. The van der Waals surface area contributed by atoms with Crippen LogP contribution in [0, 0.1) is 19.7 Å². The lowest BCUT2D eigenvalue weighted by atomic mass is 9.99. The van der Waals surface area contributed by atoms with Crippen LogP contribution in [0.3, 0.4) is 0 Å². The zero-order valence-electron chi connectivity index (χ0n) is 17.3. The van der Waals surface area contributed by atoms with E-state index in [9.17, 15) is 12.8 Å². The van der Waals surface area contributed by atoms with E-state index in [2.05, 4.69) is 42.3 Å². The standard InChI is InChI=1S/C22H23ClFN3O2S2/c1-15-4-3-5-16(2)19(15)13-18-14-30-22(25-18)26-8-10-27(11-9-26)31(28,29)21-7-6-17(24)12-20(21)23/h3-7,12,14H,8-11,13H2,1-2H3. The van der Waals surface area contributed by atoms with Crippen LogP contribution in [0.5, 0.6) is 0 Å². The molecular weight excluding hydrogens is 457 g/mol. The van der Waals surface area contributed by atoms with Crippen molar-refractivity contribution in [3.05, 3.63) is 75.0 Å². The average molecular weight is 480 g/mol. The fourth-order valence-corrected chi connectivity index (χ4v) is 6.58. The summed E-state index contributed by atoms with van der Waals surface area (Å²) in [4.78, 5) is 6.84. The summed E-state index contributed by atoms with van der Waals surface area (Å²) < 4.78 is 40.5. The molecule has 0 saturated carbocycles. The van der Waals surface area contributed by atoms with Crippen molar-refractivity contribution in [2.75, 3.05) is 31.1 Å². The van der Waals surface area contributed by atoms with Crippen LogP contribution in [0.4, 0.5) is 9.52 Å². The van der Waals surface area contributed by atoms with Crippen LogP contribution >= 0.6 is 22.9 Å². The van der Waals surface area contributed by atoms with E-state index in [0.29, 0.717) is 26.2 Å². The molecule has 1 saturated heterocycles. The number of benzene rings is 2. The summed E-state index contributed by atoms with van der Waals surface area (Å²) >= 11 is 7.56. The topological polar surface area (TPSA) is 53.5 Å². The SMILES string of the molecule is Cc1cccc(C)c1Cc1csc(N2CCN(S(=O)(=O)c3ccc(F)cc3Cl)CC2)n1. The summed E-state index contributed by atoms with van der Waals surface area (Å²) in [6.07, 6.45) is 0.784. The number of halogens is 2. The molecule has 0 unspecified atom stereocenters. The summed E-state index contributed by atoms with van der Waals surface area (Å²) in [5.74, 6) is -0.561. The molecule has 31 heavy (non-hydrogen) atoms. The van der Waals surface area contributed by atoms with Crippen molar-refractivity contribution in [2.24, 2.45) is 0 Å². The maximum Gasteiger partial charge on any atom is 0.244 e. The maximum absolute atomic E-state index is 13.3. The molecule has 0 spiro atoms. The van der Waals surface area contributed by atoms with Crippen LogP contribution in [-0.4, -0.2) is 43.9 Å². The fraction of sp³-hybridized carbons (Fsp3) is 0.318. The molecule has 4 rings (SSSR count). The van der Waals surface area contributed by atoms with Gasteiger partial charge in [0.1, 0.15) is 10.7 Å². The smallest absolute Gasteiger partial charge is 0.244 e. The first kappa shape index (κ1) is 22.2. The monoisotopic (exact) mass is 479 g/mol. The molecule has 5 nitrogen and oxygen atoms in total. The first-order valence-electron chi connectivity index (χ1n) is 9.95. The first-order valence-corrected chi connectivity index (χ1v) is 12.6. The number of aryl methyl sites for hydroxylation is 2. The summed E-state index contributed by atoms with van der Waals surface area (Å²) in [5, 5.41) is 2.87. The predicted molar refractivity (Wildman–Crippen MR) is 123 cm³/mol. The second-order valence-electron chi connectivity index (χ2n) is 7.63. The minimum absolute atomic E-state index is 0.0610. The minimum Gasteiger partial charge on any atom is -0.345 e. The van der Waals surface area contributed by atoms with Crippen LogP contribution in [-0.2, 0) is 16.4 Å². The molecule has 1 fully saturated rings. The molecule has 2 heterocycles. The van der Waals surface area contributed by atoms with Gasteiger partial charge in [0.25, 0.3) is 0 Å². The van der Waals surface area contributed by atoms with Crippen LogP contribution in [0.1, 0.15) is 22.4 Å². The van der Waals surface area contributed by atoms with Gasteiger partial charge in [-0.1, -0.05) is 29.8 Å². The Balaban J connectivity index is 1.44. The number of thiazole rings is 1. The summed E-state index contributed by atoms with van der Waals surface area (Å²) in [5.41, 5.74) is 4.83. The Kier molecular flexibility index (Phi) is 6.35. The molecule has 9 heteroatoms. The lowest BCUT2D eigenvalue weighted by Crippen LogP contribution is -2.48. The number of hydrogen-bond donors (Lipinski definition) is 0. The molecule has 0 radical (unpaired) electrons. The third kappa shape index (κ3) is 4.62. The van der Waals surface area contributed by atoms with Crippen molar-refractivity contribution in [3.63, 3.8) is 0 Å². The number of sulfonamides is 1. The molecule has 3 aromatic rings. The normalized spacial score (nSPS) is 15.4. The van der Waals surface area contributed by atoms with E-state index in [1.807, 2.05) is 0 Å². The van der Waals surface area contributed by atoms with Crippen molar-refractivity contribution < 1.29 is 12.8 Å². The van der Waals surface area contributed by atoms with Gasteiger partial charge in [-0.05, 0) is 48.7 Å². The van der Waals surface area contributed by atoms with Gasteiger partial charge in [0.05, 0.1) is 10.7 Å². The van der Waals surface area contributed by atoms with E-state index in [4.69, 9.17) is 16.6 Å². The third-order valence-corrected chi connectivity index (χ3v) is 8.89. The van der Waals surface area contributed by atoms with E-state index in [1.54, 1.807) is 11.3 Å². The zero-order chi connectivity index (χ0) is 22.2. The van der Waals surface area contributed by atoms with Crippen molar-refractivity contribution >= 4 is 38.1 Å². The number of nitrogens with zero attached hydrogens (tertiary/aromatic N) is 3. The molecule has 1 aliphatic heterocycles. The van der Waals surface area contributed by atoms with Gasteiger partial charge in [-0.2, -0.15) is 4.31 Å². The number of hydrogen-bond acceptors (Lipinski definition) is 5. The molecular formula is C22H23ClFN3O2S2. The predicted octanol–water partition coefficient (Wildman–Crippen LogP) is 4.65. The van der Waals surface area contributed by atoms with E-state index in [1.165, 1.54) is 27.1 Å². The molecule has 0 atom stereocenters. The Morgan fingerprint density at radius 3 is 2.42 bits per heavy atom. The Hall–Kier alpha value is -2.00. The minimum atomic E-state index is -3.77. The summed E-state index contributed by atoms with van der Waals surface area (Å²) in [6.45, 7) is 5.94. The van der Waals surface area contributed by atoms with Crippen LogP contribution < -0.4 is 4.90 Å². The van der Waals surface area contributed by atoms with Gasteiger partial charge in [0.15, 0.2) is 5.13 Å². The number of anilines is 1. The molecule has 2 aromatic carbocycles. The largest absolute Gasteiger partial charge is 0.345 e. The van der Waals surface area contributed by atoms with E-state index < -0.39 is 15.8 Å². The fourth-order valence-electron chi connectivity index (χ4n) is 3.77. The summed E-state index contributed by atoms with van der Waals surface area (Å²) in [6, 6.07) is 9.65. The quantitative estimate of drug-likeness (QED) is 0.534. The zero-order valence-corrected chi connectivity index (χ0v) is 19.7. The highest BCUT2D eigenvalue weighted by atomic mass is 35.5. The van der Waals surface area contributed by atoms with E-state index in [0.717, 1.165) is 29.4 Å². The Bertz CT molecular complexity index is 1180. The Labute approximate surface area is 191 Å². The van der Waals surface area contributed by atoms with Gasteiger partial charge >= 0.3 is 0 Å². The van der Waals surface area contributed by atoms with Gasteiger partial charge in [0.2, 0.25) is 10.0 Å². The van der Waals surface area contributed by atoms with Gasteiger partial charge in [-0.25, -0.2) is 17.8 Å². The molecule has 1 aliphatic rings. The molecule has 0 amide bonds. The van der Waals surface area contributed by atoms with Gasteiger partial charge in [-0.15, -0.1) is 11.3 Å². The lowest BCUT2D eigenvalue weighted by Gasteiger charge is -2.33. The number of piperazine rings is 1. The second-order valence-corrected chi connectivity index (χ2v) is 10.8. The number of aromatic nitrogens is 1. The van der Waals surface area contributed by atoms with Crippen molar-refractivity contribution in [3.8, 4) is 0 Å². The van der Waals surface area contributed by atoms with Crippen LogP contribution in [0.25, 0.3) is 0 Å². The van der Waals surface area contributed by atoms with Gasteiger partial charge in [0, 0.05) is 38.0 Å². The Morgan fingerprint density at radius 2 is 1.77 bits per heavy atom. The average Bonchev–Trinajstić information content (AvgIpc) is 3.19. The van der Waals surface area contributed by atoms with Gasteiger partial charge in [-0.3, -0.25) is 0 Å². The van der Waals surface area contributed by atoms with Crippen LogP contribution in [0.15, 0.2) is 46.7 Å². The van der Waals surface area contributed by atoms with Crippen molar-refractivity contribution in [1.82, 2.24) is 9.29 Å². The first-order chi connectivity index (χ1) is 14.8. The van der Waals surface area contributed by atoms with E-state index in [-0.39, 0.29) is 9.92 Å². The van der Waals surface area contributed by atoms with Gasteiger partial charge < -0.3 is 4.90 Å². The van der Waals surface area contributed by atoms with Crippen molar-refractivity contribution in [1.29, 1.82) is 0 Å². The van der Waals surface area contributed by atoms with Crippen molar-refractivity contribution in [2.45, 2.75) is 25.2 Å². The molecule has 0 aliphatic carbocycles. The molecule has 1 aromatic heterocycles. The molecule has 0 N–H and O–H groups in total.